The van der Waals surface area contributed by atoms with Gasteiger partial charge < -0.3 is 4.79 Å². The van der Waals surface area contributed by atoms with Crippen molar-refractivity contribution in [3.63, 3.8) is 0 Å². The Morgan fingerprint density at radius 2 is 2.42 bits per heavy atom. The molecule has 2 nitrogen and oxygen atoms in total. The standard InChI is InChI=1S/C10H11NO/c11-5-8-4-7-2-1-3-9(8)10(7)6-12/h1,3,6-10H,2,4H2/t7-,8+,9+,10+/m0/s1. The van der Waals surface area contributed by atoms with Crippen molar-refractivity contribution in [3.8, 4) is 6.07 Å². The maximum atomic E-state index is 10.7. The zero-order valence-corrected chi connectivity index (χ0v) is 6.81. The lowest BCUT2D eigenvalue weighted by molar-refractivity contribution is -0.112. The Balaban J connectivity index is 2.28. The molecule has 2 aliphatic carbocycles. The molecule has 0 aromatic heterocycles. The van der Waals surface area contributed by atoms with Crippen LogP contribution >= 0.6 is 0 Å². The van der Waals surface area contributed by atoms with E-state index in [9.17, 15) is 4.79 Å². The van der Waals surface area contributed by atoms with Crippen LogP contribution in [0, 0.1) is 35.0 Å². The molecule has 0 N–H and O–H groups in total. The monoisotopic (exact) mass is 161 g/mol. The summed E-state index contributed by atoms with van der Waals surface area (Å²) in [5.74, 6) is 0.872. The Bertz CT molecular complexity index is 264. The molecular formula is C10H11NO. The van der Waals surface area contributed by atoms with Crippen LogP contribution in [0.4, 0.5) is 0 Å². The van der Waals surface area contributed by atoms with Gasteiger partial charge in [-0.05, 0) is 18.8 Å². The molecule has 0 heterocycles. The number of hydrogen-bond donors (Lipinski definition) is 0. The first kappa shape index (κ1) is 7.54. The maximum absolute atomic E-state index is 10.7. The van der Waals surface area contributed by atoms with Gasteiger partial charge in [-0.25, -0.2) is 0 Å². The van der Waals surface area contributed by atoms with Crippen molar-refractivity contribution in [1.29, 1.82) is 5.26 Å². The number of rotatable bonds is 1. The molecule has 0 unspecified atom stereocenters. The lowest BCUT2D eigenvalue weighted by Gasteiger charge is -2.20. The smallest absolute Gasteiger partial charge is 0.123 e. The Labute approximate surface area is 71.9 Å². The van der Waals surface area contributed by atoms with Gasteiger partial charge in [-0.1, -0.05) is 12.2 Å². The summed E-state index contributed by atoms with van der Waals surface area (Å²) >= 11 is 0. The summed E-state index contributed by atoms with van der Waals surface area (Å²) in [5.41, 5.74) is 0. The predicted octanol–water partition coefficient (Wildman–Crippen LogP) is 1.54. The number of allylic oxidation sites excluding steroid dienone is 2. The SMILES string of the molecule is N#C[C@H]1C[C@@H]2CC=C[C@H]1[C@@H]2C=O. The summed E-state index contributed by atoms with van der Waals surface area (Å²) in [7, 11) is 0. The van der Waals surface area contributed by atoms with Crippen LogP contribution in [-0.4, -0.2) is 6.29 Å². The molecule has 2 bridgehead atoms. The van der Waals surface area contributed by atoms with Gasteiger partial charge in [-0.2, -0.15) is 5.26 Å². The minimum atomic E-state index is 0.0870. The molecule has 1 saturated carbocycles. The molecule has 2 rings (SSSR count). The fourth-order valence-corrected chi connectivity index (χ4v) is 2.49. The summed E-state index contributed by atoms with van der Waals surface area (Å²) in [6, 6.07) is 2.29. The summed E-state index contributed by atoms with van der Waals surface area (Å²) in [6.45, 7) is 0. The van der Waals surface area contributed by atoms with Gasteiger partial charge in [-0.3, -0.25) is 0 Å². The Morgan fingerprint density at radius 3 is 3.00 bits per heavy atom. The van der Waals surface area contributed by atoms with Crippen molar-refractivity contribution in [2.24, 2.45) is 23.7 Å². The van der Waals surface area contributed by atoms with Gasteiger partial charge in [0.15, 0.2) is 0 Å². The van der Waals surface area contributed by atoms with E-state index in [1.54, 1.807) is 0 Å². The number of nitrogens with zero attached hydrogens (tertiary/aromatic N) is 1. The number of nitriles is 1. The molecule has 2 aliphatic rings. The lowest BCUT2D eigenvalue weighted by atomic mass is 9.83. The van der Waals surface area contributed by atoms with Crippen LogP contribution in [-0.2, 0) is 4.79 Å². The number of aldehydes is 1. The van der Waals surface area contributed by atoms with Crippen molar-refractivity contribution in [3.05, 3.63) is 12.2 Å². The molecule has 0 amide bonds. The summed E-state index contributed by atoms with van der Waals surface area (Å²) < 4.78 is 0. The predicted molar refractivity (Wildman–Crippen MR) is 44.0 cm³/mol. The van der Waals surface area contributed by atoms with E-state index < -0.39 is 0 Å². The molecule has 0 aromatic rings. The van der Waals surface area contributed by atoms with Gasteiger partial charge in [-0.15, -0.1) is 0 Å². The summed E-state index contributed by atoms with van der Waals surface area (Å²) in [4.78, 5) is 10.7. The topological polar surface area (TPSA) is 40.9 Å². The molecule has 0 aliphatic heterocycles. The molecule has 12 heavy (non-hydrogen) atoms. The lowest BCUT2D eigenvalue weighted by Crippen LogP contribution is -2.19. The second-order valence-corrected chi connectivity index (χ2v) is 3.69. The number of carbonyl (C=O) groups is 1. The molecular weight excluding hydrogens is 150 g/mol. The van der Waals surface area contributed by atoms with Crippen LogP contribution in [0.1, 0.15) is 12.8 Å². The Hall–Kier alpha value is -1.10. The van der Waals surface area contributed by atoms with Gasteiger partial charge in [0.2, 0.25) is 0 Å². The minimum Gasteiger partial charge on any atom is -0.303 e. The van der Waals surface area contributed by atoms with Crippen molar-refractivity contribution in [2.45, 2.75) is 12.8 Å². The molecule has 62 valence electrons. The highest BCUT2D eigenvalue weighted by Crippen LogP contribution is 2.45. The van der Waals surface area contributed by atoms with Crippen LogP contribution in [0.3, 0.4) is 0 Å². The largest absolute Gasteiger partial charge is 0.303 e. The van der Waals surface area contributed by atoms with Gasteiger partial charge in [0.25, 0.3) is 0 Å². The molecule has 0 radical (unpaired) electrons. The van der Waals surface area contributed by atoms with E-state index in [-0.39, 0.29) is 17.8 Å². The summed E-state index contributed by atoms with van der Waals surface area (Å²) in [5, 5.41) is 8.83. The van der Waals surface area contributed by atoms with Gasteiger partial charge >= 0.3 is 0 Å². The number of carbonyl (C=O) groups excluding carboxylic acids is 1. The van der Waals surface area contributed by atoms with E-state index in [0.29, 0.717) is 5.92 Å². The van der Waals surface area contributed by atoms with Crippen LogP contribution in [0.5, 0.6) is 0 Å². The van der Waals surface area contributed by atoms with Crippen molar-refractivity contribution in [2.75, 3.05) is 0 Å². The molecule has 4 atom stereocenters. The van der Waals surface area contributed by atoms with Gasteiger partial charge in [0.1, 0.15) is 6.29 Å². The van der Waals surface area contributed by atoms with Crippen LogP contribution < -0.4 is 0 Å². The highest BCUT2D eigenvalue weighted by Gasteiger charge is 2.43. The zero-order chi connectivity index (χ0) is 8.55. The van der Waals surface area contributed by atoms with Crippen LogP contribution in [0.15, 0.2) is 12.2 Å². The second kappa shape index (κ2) is 2.75. The van der Waals surface area contributed by atoms with Crippen molar-refractivity contribution < 1.29 is 4.79 Å². The average Bonchev–Trinajstić information content (AvgIpc) is 2.30. The van der Waals surface area contributed by atoms with Crippen molar-refractivity contribution in [1.82, 2.24) is 0 Å². The quantitative estimate of drug-likeness (QED) is 0.432. The van der Waals surface area contributed by atoms with Crippen LogP contribution in [0.25, 0.3) is 0 Å². The highest BCUT2D eigenvalue weighted by atomic mass is 16.1. The normalized spacial score (nSPS) is 43.9. The number of fused-ring (bicyclic) bond motifs is 2. The maximum Gasteiger partial charge on any atom is 0.123 e. The molecule has 0 saturated heterocycles. The molecule has 0 aromatic carbocycles. The fourth-order valence-electron chi connectivity index (χ4n) is 2.49. The van der Waals surface area contributed by atoms with E-state index in [2.05, 4.69) is 18.2 Å². The average molecular weight is 161 g/mol. The zero-order valence-electron chi connectivity index (χ0n) is 6.81. The fraction of sp³-hybridized carbons (Fsp3) is 0.600. The highest BCUT2D eigenvalue weighted by molar-refractivity contribution is 5.57. The van der Waals surface area contributed by atoms with E-state index in [0.717, 1.165) is 19.1 Å². The van der Waals surface area contributed by atoms with E-state index >= 15 is 0 Å². The summed E-state index contributed by atoms with van der Waals surface area (Å²) in [6.07, 6.45) is 7.11. The first-order chi connectivity index (χ1) is 5.86. The molecule has 2 heteroatoms. The van der Waals surface area contributed by atoms with Crippen LogP contribution in [0.2, 0.25) is 0 Å². The van der Waals surface area contributed by atoms with E-state index in [1.807, 2.05) is 0 Å². The van der Waals surface area contributed by atoms with Gasteiger partial charge in [0.05, 0.1) is 12.0 Å². The van der Waals surface area contributed by atoms with Gasteiger partial charge in [0, 0.05) is 11.8 Å². The number of hydrogen-bond acceptors (Lipinski definition) is 2. The second-order valence-electron chi connectivity index (χ2n) is 3.69. The van der Waals surface area contributed by atoms with Crippen molar-refractivity contribution >= 4 is 6.29 Å². The first-order valence-electron chi connectivity index (χ1n) is 4.38. The third-order valence-electron chi connectivity index (χ3n) is 3.13. The Morgan fingerprint density at radius 1 is 1.58 bits per heavy atom. The van der Waals surface area contributed by atoms with E-state index in [1.165, 1.54) is 0 Å². The first-order valence-corrected chi connectivity index (χ1v) is 4.38. The Kier molecular flexibility index (Phi) is 1.73. The minimum absolute atomic E-state index is 0.0870. The van der Waals surface area contributed by atoms with E-state index in [4.69, 9.17) is 5.26 Å². The molecule has 1 fully saturated rings. The third kappa shape index (κ3) is 0.896. The third-order valence-corrected chi connectivity index (χ3v) is 3.13. The molecule has 0 spiro atoms.